The quantitative estimate of drug-likeness (QED) is 0.140. The normalized spacial score (nSPS) is 12.1. The summed E-state index contributed by atoms with van der Waals surface area (Å²) in [7, 11) is 0. The van der Waals surface area contributed by atoms with Crippen LogP contribution in [0.5, 0.6) is 5.88 Å². The van der Waals surface area contributed by atoms with Gasteiger partial charge in [-0.3, -0.25) is 9.36 Å². The molecule has 0 aliphatic heterocycles. The van der Waals surface area contributed by atoms with Crippen LogP contribution in [0, 0.1) is 0 Å². The van der Waals surface area contributed by atoms with Gasteiger partial charge in [0, 0.05) is 13.1 Å². The molecular weight excluding hydrogens is 550 g/mol. The minimum atomic E-state index is -1.29. The molecule has 5 N–H and O–H groups in total. The van der Waals surface area contributed by atoms with Crippen LogP contribution in [0.2, 0.25) is 0 Å². The molecule has 1 aromatic carbocycles. The van der Waals surface area contributed by atoms with Gasteiger partial charge in [-0.15, -0.1) is 0 Å². The van der Waals surface area contributed by atoms with Crippen LogP contribution in [0.4, 0.5) is 9.59 Å². The van der Waals surface area contributed by atoms with Crippen LogP contribution in [-0.4, -0.2) is 69.1 Å². The summed E-state index contributed by atoms with van der Waals surface area (Å²) in [5.74, 6) is -1.94. The fraction of sp³-hybridized carbons (Fsp3) is 0.536. The zero-order chi connectivity index (χ0) is 31.5. The molecule has 0 radical (unpaired) electrons. The van der Waals surface area contributed by atoms with E-state index in [0.717, 1.165) is 10.1 Å². The van der Waals surface area contributed by atoms with Gasteiger partial charge in [-0.05, 0) is 59.9 Å². The number of alkyl carbamates (subject to hydrolysis) is 2. The number of aryl methyl sites for hydroxylation is 1. The van der Waals surface area contributed by atoms with E-state index in [9.17, 15) is 29.1 Å². The van der Waals surface area contributed by atoms with Gasteiger partial charge in [0.05, 0.1) is 5.69 Å². The van der Waals surface area contributed by atoms with Crippen molar-refractivity contribution < 1.29 is 38.5 Å². The molecule has 0 aliphatic rings. The molecule has 0 aliphatic carbocycles. The van der Waals surface area contributed by atoms with Crippen molar-refractivity contribution in [3.05, 3.63) is 52.1 Å². The van der Waals surface area contributed by atoms with Crippen molar-refractivity contribution in [3.8, 4) is 5.88 Å². The van der Waals surface area contributed by atoms with Crippen molar-refractivity contribution in [2.45, 2.75) is 84.8 Å². The van der Waals surface area contributed by atoms with E-state index in [1.807, 2.05) is 6.07 Å². The van der Waals surface area contributed by atoms with Gasteiger partial charge in [0.15, 0.2) is 0 Å². The summed E-state index contributed by atoms with van der Waals surface area (Å²) in [5.41, 5.74) is -1.29. The van der Waals surface area contributed by atoms with Crippen molar-refractivity contribution in [1.82, 2.24) is 25.5 Å². The zero-order valence-corrected chi connectivity index (χ0v) is 24.9. The highest BCUT2D eigenvalue weighted by molar-refractivity contribution is 5.83. The Hall–Kier alpha value is -4.49. The first kappa shape index (κ1) is 33.7. The maximum absolute atomic E-state index is 12.7. The number of nitrogens with one attached hydrogen (secondary N) is 4. The van der Waals surface area contributed by atoms with Crippen molar-refractivity contribution >= 4 is 24.1 Å². The Bertz CT molecular complexity index is 1270. The Morgan fingerprint density at radius 3 is 2.21 bits per heavy atom. The van der Waals surface area contributed by atoms with E-state index in [2.05, 4.69) is 20.9 Å². The molecule has 2 aromatic rings. The minimum Gasteiger partial charge on any atom is -0.493 e. The van der Waals surface area contributed by atoms with E-state index in [1.165, 1.54) is 0 Å². The lowest BCUT2D eigenvalue weighted by Crippen LogP contribution is -2.51. The lowest BCUT2D eigenvalue weighted by Gasteiger charge is -2.24. The largest absolute Gasteiger partial charge is 0.493 e. The fourth-order valence-electron chi connectivity index (χ4n) is 3.49. The van der Waals surface area contributed by atoms with Gasteiger partial charge in [0.2, 0.25) is 11.8 Å². The van der Waals surface area contributed by atoms with Crippen LogP contribution in [0.3, 0.4) is 0 Å². The number of aromatic hydroxyl groups is 1. The standard InChI is InChI=1S/C28H41N5O9/c1-27(2,3)41-23(36)20(32-26(39)40-17-18-11-8-7-9-12-18)15-30-21(34)16-33-22(35)19(31-24(33)37)13-10-14-29-25(38)42-28(4,5)6/h7-9,11-12,20,35H,10,13-17H2,1-6H3,(H,29,38)(H,30,34)(H,31,37)(H,32,39)/t20-/m0/s1. The molecule has 14 heteroatoms. The number of carbonyl (C=O) groups excluding carboxylic acids is 4. The summed E-state index contributed by atoms with van der Waals surface area (Å²) >= 11 is 0. The van der Waals surface area contributed by atoms with Gasteiger partial charge >= 0.3 is 23.8 Å². The second-order valence-corrected chi connectivity index (χ2v) is 11.4. The Kier molecular flexibility index (Phi) is 12.0. The van der Waals surface area contributed by atoms with Crippen molar-refractivity contribution in [1.29, 1.82) is 0 Å². The van der Waals surface area contributed by atoms with Crippen LogP contribution in [0.1, 0.15) is 59.2 Å². The number of hydrogen-bond acceptors (Lipinski definition) is 9. The molecule has 0 saturated heterocycles. The van der Waals surface area contributed by atoms with E-state index in [1.54, 1.807) is 65.8 Å². The van der Waals surface area contributed by atoms with E-state index in [-0.39, 0.29) is 31.8 Å². The lowest BCUT2D eigenvalue weighted by atomic mass is 10.2. The monoisotopic (exact) mass is 591 g/mol. The van der Waals surface area contributed by atoms with Gasteiger partial charge in [0.25, 0.3) is 0 Å². The van der Waals surface area contributed by atoms with Crippen LogP contribution >= 0.6 is 0 Å². The number of hydrogen-bond donors (Lipinski definition) is 5. The highest BCUT2D eigenvalue weighted by Crippen LogP contribution is 2.14. The minimum absolute atomic E-state index is 0.0326. The molecular formula is C28H41N5O9. The number of amides is 3. The third kappa shape index (κ3) is 12.4. The molecule has 2 rings (SSSR count). The number of imidazole rings is 1. The Balaban J connectivity index is 1.94. The average Bonchev–Trinajstić information content (AvgIpc) is 3.13. The molecule has 0 fully saturated rings. The van der Waals surface area contributed by atoms with Gasteiger partial charge in [-0.2, -0.15) is 0 Å². The smallest absolute Gasteiger partial charge is 0.408 e. The first-order chi connectivity index (χ1) is 19.5. The number of carbonyl (C=O) groups is 4. The van der Waals surface area contributed by atoms with Crippen molar-refractivity contribution in [2.75, 3.05) is 13.1 Å². The summed E-state index contributed by atoms with van der Waals surface area (Å²) in [5, 5.41) is 17.9. The molecule has 0 unspecified atom stereocenters. The summed E-state index contributed by atoms with van der Waals surface area (Å²) in [6.07, 6.45) is -0.892. The Morgan fingerprint density at radius 2 is 1.60 bits per heavy atom. The van der Waals surface area contributed by atoms with Gasteiger partial charge in [0.1, 0.15) is 30.4 Å². The number of aromatic nitrogens is 2. The van der Waals surface area contributed by atoms with Gasteiger partial charge in [-0.25, -0.2) is 19.2 Å². The molecule has 1 atom stereocenters. The number of aromatic amines is 1. The molecule has 1 heterocycles. The predicted molar refractivity (Wildman–Crippen MR) is 152 cm³/mol. The molecule has 0 bridgehead atoms. The van der Waals surface area contributed by atoms with E-state index in [4.69, 9.17) is 14.2 Å². The highest BCUT2D eigenvalue weighted by atomic mass is 16.6. The van der Waals surface area contributed by atoms with Crippen LogP contribution < -0.4 is 21.6 Å². The third-order valence-electron chi connectivity index (χ3n) is 5.30. The summed E-state index contributed by atoms with van der Waals surface area (Å²) in [6, 6.07) is 7.64. The number of nitrogens with zero attached hydrogens (tertiary/aromatic N) is 1. The first-order valence-electron chi connectivity index (χ1n) is 13.5. The third-order valence-corrected chi connectivity index (χ3v) is 5.30. The summed E-state index contributed by atoms with van der Waals surface area (Å²) < 4.78 is 16.5. The number of benzene rings is 1. The molecule has 0 spiro atoms. The molecule has 232 valence electrons. The highest BCUT2D eigenvalue weighted by Gasteiger charge is 2.28. The maximum atomic E-state index is 12.7. The SMILES string of the molecule is CC(C)(C)OC(=O)NCCCc1[nH]c(=O)n(CC(=O)NC[C@H](NC(=O)OCc2ccccc2)C(=O)OC(C)(C)C)c1O. The van der Waals surface area contributed by atoms with E-state index < -0.39 is 59.4 Å². The van der Waals surface area contributed by atoms with Crippen molar-refractivity contribution in [3.63, 3.8) is 0 Å². The molecule has 42 heavy (non-hydrogen) atoms. The second-order valence-electron chi connectivity index (χ2n) is 11.4. The second kappa shape index (κ2) is 14.9. The molecule has 0 saturated carbocycles. The van der Waals surface area contributed by atoms with E-state index >= 15 is 0 Å². The molecule has 3 amide bonds. The van der Waals surface area contributed by atoms with Crippen molar-refractivity contribution in [2.24, 2.45) is 0 Å². The average molecular weight is 592 g/mol. The number of ether oxygens (including phenoxy) is 3. The topological polar surface area (TPSA) is 190 Å². The van der Waals surface area contributed by atoms with Gasteiger partial charge < -0.3 is 40.3 Å². The first-order valence-corrected chi connectivity index (χ1v) is 13.5. The summed E-state index contributed by atoms with van der Waals surface area (Å²) in [6.45, 7) is 9.45. The van der Waals surface area contributed by atoms with Crippen LogP contribution in [-0.2, 0) is 43.4 Å². The fourth-order valence-corrected chi connectivity index (χ4v) is 3.49. The Morgan fingerprint density at radius 1 is 0.952 bits per heavy atom. The van der Waals surface area contributed by atoms with Crippen LogP contribution in [0.15, 0.2) is 35.1 Å². The van der Waals surface area contributed by atoms with Crippen LogP contribution in [0.25, 0.3) is 0 Å². The lowest BCUT2D eigenvalue weighted by molar-refractivity contribution is -0.157. The number of esters is 1. The predicted octanol–water partition coefficient (Wildman–Crippen LogP) is 2.09. The number of rotatable bonds is 12. The Labute approximate surface area is 244 Å². The van der Waals surface area contributed by atoms with E-state index in [0.29, 0.717) is 6.42 Å². The maximum Gasteiger partial charge on any atom is 0.408 e. The van der Waals surface area contributed by atoms with Gasteiger partial charge in [-0.1, -0.05) is 30.3 Å². The summed E-state index contributed by atoms with van der Waals surface area (Å²) in [4.78, 5) is 64.3. The zero-order valence-electron chi connectivity index (χ0n) is 24.9. The molecule has 1 aromatic heterocycles. The molecule has 14 nitrogen and oxygen atoms in total. The number of H-pyrrole nitrogens is 1.